The second-order valence-corrected chi connectivity index (χ2v) is 5.52. The average molecular weight is 300 g/mol. The van der Waals surface area contributed by atoms with Crippen molar-refractivity contribution in [2.45, 2.75) is 32.2 Å². The zero-order valence-corrected chi connectivity index (χ0v) is 12.6. The number of nitrogens with one attached hydrogen (secondary N) is 2. The second-order valence-electron chi connectivity index (χ2n) is 4.17. The van der Waals surface area contributed by atoms with E-state index in [0.29, 0.717) is 19.5 Å². The molecule has 0 atom stereocenters. The van der Waals surface area contributed by atoms with Crippen molar-refractivity contribution in [3.8, 4) is 0 Å². The van der Waals surface area contributed by atoms with Crippen LogP contribution in [0.15, 0.2) is 17.5 Å². The van der Waals surface area contributed by atoms with Crippen molar-refractivity contribution in [3.63, 3.8) is 0 Å². The SMILES string of the molecule is O=C(CS)NCCCCCC(=O)NCc1cccs1. The summed E-state index contributed by atoms with van der Waals surface area (Å²) in [4.78, 5) is 23.6. The quantitative estimate of drug-likeness (QED) is 0.482. The molecule has 1 rings (SSSR count). The molecule has 106 valence electrons. The maximum atomic E-state index is 11.5. The molecule has 4 nitrogen and oxygen atoms in total. The number of carbonyl (C=O) groups excluding carboxylic acids is 2. The molecule has 0 aliphatic heterocycles. The van der Waals surface area contributed by atoms with E-state index in [4.69, 9.17) is 0 Å². The van der Waals surface area contributed by atoms with Crippen LogP contribution in [0.5, 0.6) is 0 Å². The third kappa shape index (κ3) is 7.89. The summed E-state index contributed by atoms with van der Waals surface area (Å²) >= 11 is 5.51. The van der Waals surface area contributed by atoms with Crippen molar-refractivity contribution >= 4 is 35.8 Å². The standard InChI is InChI=1S/C13H20N2O2S2/c16-12(15-9-11-5-4-8-19-11)6-2-1-3-7-14-13(17)10-18/h4-5,8,18H,1-3,6-7,9-10H2,(H,14,17)(H,15,16). The third-order valence-corrected chi connectivity index (χ3v) is 3.75. The molecule has 2 N–H and O–H groups in total. The summed E-state index contributed by atoms with van der Waals surface area (Å²) in [5.74, 6) is 0.273. The minimum Gasteiger partial charge on any atom is -0.355 e. The van der Waals surface area contributed by atoms with Gasteiger partial charge in [0, 0.05) is 17.8 Å². The lowest BCUT2D eigenvalue weighted by Crippen LogP contribution is -2.25. The minimum absolute atomic E-state index is 0.0444. The summed E-state index contributed by atoms with van der Waals surface area (Å²) in [5, 5.41) is 7.65. The highest BCUT2D eigenvalue weighted by atomic mass is 32.1. The fourth-order valence-corrected chi connectivity index (χ4v) is 2.31. The molecule has 0 unspecified atom stereocenters. The van der Waals surface area contributed by atoms with Gasteiger partial charge in [0.1, 0.15) is 0 Å². The maximum Gasteiger partial charge on any atom is 0.229 e. The maximum absolute atomic E-state index is 11.5. The number of rotatable bonds is 9. The van der Waals surface area contributed by atoms with E-state index in [0.717, 1.165) is 19.3 Å². The van der Waals surface area contributed by atoms with Gasteiger partial charge in [0.05, 0.1) is 12.3 Å². The number of thiol groups is 1. The number of amides is 2. The van der Waals surface area contributed by atoms with E-state index in [9.17, 15) is 9.59 Å². The zero-order valence-electron chi connectivity index (χ0n) is 10.9. The first-order valence-electron chi connectivity index (χ1n) is 6.39. The van der Waals surface area contributed by atoms with Crippen LogP contribution >= 0.6 is 24.0 Å². The van der Waals surface area contributed by atoms with Crippen LogP contribution in [0.4, 0.5) is 0 Å². The van der Waals surface area contributed by atoms with Crippen LogP contribution in [-0.2, 0) is 16.1 Å². The van der Waals surface area contributed by atoms with Crippen LogP contribution in [0.1, 0.15) is 30.6 Å². The van der Waals surface area contributed by atoms with Gasteiger partial charge in [-0.15, -0.1) is 11.3 Å². The summed E-state index contributed by atoms with van der Waals surface area (Å²) in [6.45, 7) is 1.28. The van der Waals surface area contributed by atoms with Crippen LogP contribution in [0.2, 0.25) is 0 Å². The second kappa shape index (κ2) is 9.86. The molecule has 1 aromatic heterocycles. The van der Waals surface area contributed by atoms with E-state index in [1.54, 1.807) is 11.3 Å². The first-order valence-corrected chi connectivity index (χ1v) is 7.90. The molecule has 0 radical (unpaired) electrons. The Morgan fingerprint density at radius 2 is 2.00 bits per heavy atom. The Balaban J connectivity index is 1.94. The summed E-state index contributed by atoms with van der Waals surface area (Å²) in [6, 6.07) is 3.99. The summed E-state index contributed by atoms with van der Waals surface area (Å²) < 4.78 is 0. The van der Waals surface area contributed by atoms with Crippen molar-refractivity contribution < 1.29 is 9.59 Å². The highest BCUT2D eigenvalue weighted by Gasteiger charge is 2.02. The van der Waals surface area contributed by atoms with E-state index >= 15 is 0 Å². The van der Waals surface area contributed by atoms with Crippen molar-refractivity contribution in [1.82, 2.24) is 10.6 Å². The number of hydrogen-bond acceptors (Lipinski definition) is 4. The Bertz CT molecular complexity index is 380. The van der Waals surface area contributed by atoms with Gasteiger partial charge in [-0.1, -0.05) is 12.5 Å². The van der Waals surface area contributed by atoms with Gasteiger partial charge < -0.3 is 10.6 Å². The normalized spacial score (nSPS) is 10.2. The molecule has 6 heteroatoms. The summed E-state index contributed by atoms with van der Waals surface area (Å²) in [5.41, 5.74) is 0. The van der Waals surface area contributed by atoms with Crippen LogP contribution in [0.25, 0.3) is 0 Å². The number of hydrogen-bond donors (Lipinski definition) is 3. The summed E-state index contributed by atoms with van der Waals surface area (Å²) in [6.07, 6.45) is 3.25. The van der Waals surface area contributed by atoms with Crippen molar-refractivity contribution in [2.24, 2.45) is 0 Å². The minimum atomic E-state index is -0.0444. The van der Waals surface area contributed by atoms with Gasteiger partial charge in [0.15, 0.2) is 0 Å². The zero-order chi connectivity index (χ0) is 13.9. The topological polar surface area (TPSA) is 58.2 Å². The monoisotopic (exact) mass is 300 g/mol. The highest BCUT2D eigenvalue weighted by molar-refractivity contribution is 7.81. The number of unbranched alkanes of at least 4 members (excludes halogenated alkanes) is 2. The Morgan fingerprint density at radius 1 is 1.16 bits per heavy atom. The van der Waals surface area contributed by atoms with Gasteiger partial charge in [-0.25, -0.2) is 0 Å². The summed E-state index contributed by atoms with van der Waals surface area (Å²) in [7, 11) is 0. The van der Waals surface area contributed by atoms with Crippen molar-refractivity contribution in [1.29, 1.82) is 0 Å². The molecule has 0 aromatic carbocycles. The van der Waals surface area contributed by atoms with E-state index in [2.05, 4.69) is 23.3 Å². The van der Waals surface area contributed by atoms with Crippen LogP contribution in [0.3, 0.4) is 0 Å². The number of thiophene rings is 1. The van der Waals surface area contributed by atoms with Crippen molar-refractivity contribution in [3.05, 3.63) is 22.4 Å². The van der Waals surface area contributed by atoms with E-state index in [1.807, 2.05) is 17.5 Å². The molecular weight excluding hydrogens is 280 g/mol. The molecule has 1 heterocycles. The van der Waals surface area contributed by atoms with Gasteiger partial charge >= 0.3 is 0 Å². The smallest absolute Gasteiger partial charge is 0.229 e. The largest absolute Gasteiger partial charge is 0.355 e. The Morgan fingerprint density at radius 3 is 2.68 bits per heavy atom. The van der Waals surface area contributed by atoms with Gasteiger partial charge in [-0.05, 0) is 24.3 Å². The first-order chi connectivity index (χ1) is 9.22. The fraction of sp³-hybridized carbons (Fsp3) is 0.538. The lowest BCUT2D eigenvalue weighted by atomic mass is 10.2. The van der Waals surface area contributed by atoms with E-state index in [-0.39, 0.29) is 17.6 Å². The Hall–Kier alpha value is -1.01. The first kappa shape index (κ1) is 16.0. The fourth-order valence-electron chi connectivity index (χ4n) is 1.56. The molecule has 0 aliphatic rings. The Kier molecular flexibility index (Phi) is 8.33. The van der Waals surface area contributed by atoms with Crippen LogP contribution in [0, 0.1) is 0 Å². The van der Waals surface area contributed by atoms with Gasteiger partial charge in [0.2, 0.25) is 11.8 Å². The molecule has 19 heavy (non-hydrogen) atoms. The lowest BCUT2D eigenvalue weighted by Gasteiger charge is -2.04. The van der Waals surface area contributed by atoms with Crippen LogP contribution in [-0.4, -0.2) is 24.1 Å². The highest BCUT2D eigenvalue weighted by Crippen LogP contribution is 2.07. The Labute approximate surface area is 123 Å². The van der Waals surface area contributed by atoms with E-state index < -0.39 is 0 Å². The van der Waals surface area contributed by atoms with Gasteiger partial charge in [0.25, 0.3) is 0 Å². The molecule has 0 spiro atoms. The molecular formula is C13H20N2O2S2. The lowest BCUT2D eigenvalue weighted by molar-refractivity contribution is -0.121. The van der Waals surface area contributed by atoms with Gasteiger partial charge in [-0.3, -0.25) is 9.59 Å². The van der Waals surface area contributed by atoms with Crippen LogP contribution < -0.4 is 10.6 Å². The molecule has 0 saturated carbocycles. The number of carbonyl (C=O) groups is 2. The van der Waals surface area contributed by atoms with Crippen molar-refractivity contribution in [2.75, 3.05) is 12.3 Å². The average Bonchev–Trinajstić information content (AvgIpc) is 2.93. The third-order valence-electron chi connectivity index (χ3n) is 2.59. The molecule has 1 aromatic rings. The predicted octanol–water partition coefficient (Wildman–Crippen LogP) is 1.97. The molecule has 0 saturated heterocycles. The van der Waals surface area contributed by atoms with E-state index in [1.165, 1.54) is 4.88 Å². The molecule has 2 amide bonds. The molecule has 0 fully saturated rings. The molecule has 0 bridgehead atoms. The van der Waals surface area contributed by atoms with Gasteiger partial charge in [-0.2, -0.15) is 12.6 Å². The molecule has 0 aliphatic carbocycles. The predicted molar refractivity (Wildman–Crippen MR) is 81.5 cm³/mol.